The van der Waals surface area contributed by atoms with Gasteiger partial charge in [0.15, 0.2) is 0 Å². The summed E-state index contributed by atoms with van der Waals surface area (Å²) < 4.78 is 0. The number of hydrogen-bond acceptors (Lipinski definition) is 5. The Labute approximate surface area is 122 Å². The highest BCUT2D eigenvalue weighted by molar-refractivity contribution is 5.78. The van der Waals surface area contributed by atoms with Crippen molar-refractivity contribution in [2.45, 2.75) is 31.7 Å². The van der Waals surface area contributed by atoms with Crippen LogP contribution in [0.25, 0.3) is 0 Å². The van der Waals surface area contributed by atoms with Crippen molar-refractivity contribution in [1.29, 1.82) is 0 Å². The first-order valence-electron chi connectivity index (χ1n) is 7.30. The minimum Gasteiger partial charge on any atom is -0.351 e. The van der Waals surface area contributed by atoms with Crippen molar-refractivity contribution >= 4 is 17.4 Å². The fraction of sp³-hybridized carbons (Fsp3) is 0.571. The topological polar surface area (TPSA) is 79.6 Å². The van der Waals surface area contributed by atoms with E-state index in [1.807, 2.05) is 9.80 Å². The van der Waals surface area contributed by atoms with Crippen LogP contribution in [0.15, 0.2) is 18.3 Å². The van der Waals surface area contributed by atoms with E-state index in [-0.39, 0.29) is 17.6 Å². The third-order valence-electron chi connectivity index (χ3n) is 4.28. The molecule has 0 spiro atoms. The summed E-state index contributed by atoms with van der Waals surface area (Å²) in [7, 11) is 0. The van der Waals surface area contributed by atoms with E-state index >= 15 is 0 Å². The molecular formula is C14H18N4O3. The highest BCUT2D eigenvalue weighted by Crippen LogP contribution is 2.29. The maximum absolute atomic E-state index is 11.8. The van der Waals surface area contributed by atoms with Gasteiger partial charge < -0.3 is 9.80 Å². The number of aromatic nitrogens is 1. The van der Waals surface area contributed by atoms with Gasteiger partial charge in [-0.05, 0) is 25.3 Å². The Hall–Kier alpha value is -2.18. The van der Waals surface area contributed by atoms with Crippen LogP contribution in [0, 0.1) is 10.1 Å². The molecule has 2 aliphatic heterocycles. The number of nitrogens with zero attached hydrogens (tertiary/aromatic N) is 4. The summed E-state index contributed by atoms with van der Waals surface area (Å²) in [6, 6.07) is 3.34. The third-order valence-corrected chi connectivity index (χ3v) is 4.28. The second kappa shape index (κ2) is 5.67. The molecule has 112 valence electrons. The zero-order chi connectivity index (χ0) is 14.8. The lowest BCUT2D eigenvalue weighted by molar-refractivity contribution is -0.384. The van der Waals surface area contributed by atoms with Gasteiger partial charge >= 0.3 is 5.69 Å². The maximum Gasteiger partial charge on any atom is 0.311 e. The van der Waals surface area contributed by atoms with Crippen LogP contribution < -0.4 is 4.90 Å². The Balaban J connectivity index is 1.69. The number of piperidine rings is 1. The highest BCUT2D eigenvalue weighted by atomic mass is 16.6. The van der Waals surface area contributed by atoms with Gasteiger partial charge in [0.1, 0.15) is 0 Å². The highest BCUT2D eigenvalue weighted by Gasteiger charge is 2.32. The van der Waals surface area contributed by atoms with Crippen molar-refractivity contribution in [2.24, 2.45) is 0 Å². The fourth-order valence-electron chi connectivity index (χ4n) is 3.22. The summed E-state index contributed by atoms with van der Waals surface area (Å²) in [5.41, 5.74) is 0.0493. The van der Waals surface area contributed by atoms with E-state index in [1.54, 1.807) is 12.3 Å². The second-order valence-electron chi connectivity index (χ2n) is 5.51. The SMILES string of the molecule is O=C1CCCN1C1CCN(c2ncccc2[N+](=O)[O-])CC1. The van der Waals surface area contributed by atoms with E-state index in [0.717, 1.165) is 25.8 Å². The van der Waals surface area contributed by atoms with E-state index in [1.165, 1.54) is 6.07 Å². The number of nitro groups is 1. The number of amides is 1. The molecule has 2 saturated heterocycles. The Morgan fingerprint density at radius 3 is 2.67 bits per heavy atom. The van der Waals surface area contributed by atoms with Crippen LogP contribution in [-0.4, -0.2) is 46.4 Å². The van der Waals surface area contributed by atoms with Crippen LogP contribution in [0.2, 0.25) is 0 Å². The first kappa shape index (κ1) is 13.8. The lowest BCUT2D eigenvalue weighted by Gasteiger charge is -2.36. The van der Waals surface area contributed by atoms with Crippen molar-refractivity contribution in [2.75, 3.05) is 24.5 Å². The molecule has 0 aliphatic carbocycles. The largest absolute Gasteiger partial charge is 0.351 e. The number of carbonyl (C=O) groups is 1. The molecule has 3 rings (SSSR count). The summed E-state index contributed by atoms with van der Waals surface area (Å²) in [6.45, 7) is 2.26. The number of rotatable bonds is 3. The van der Waals surface area contributed by atoms with Gasteiger partial charge in [0.05, 0.1) is 4.92 Å². The molecule has 0 saturated carbocycles. The van der Waals surface area contributed by atoms with Gasteiger partial charge in [-0.2, -0.15) is 0 Å². The molecule has 0 unspecified atom stereocenters. The molecule has 0 atom stereocenters. The van der Waals surface area contributed by atoms with E-state index in [9.17, 15) is 14.9 Å². The van der Waals surface area contributed by atoms with Crippen LogP contribution in [0.3, 0.4) is 0 Å². The number of pyridine rings is 1. The average molecular weight is 290 g/mol. The summed E-state index contributed by atoms with van der Waals surface area (Å²) in [6.07, 6.45) is 4.88. The molecule has 0 N–H and O–H groups in total. The minimum atomic E-state index is -0.390. The van der Waals surface area contributed by atoms with E-state index in [0.29, 0.717) is 25.3 Å². The molecule has 0 bridgehead atoms. The minimum absolute atomic E-state index is 0.0493. The lowest BCUT2D eigenvalue weighted by Crippen LogP contribution is -2.45. The average Bonchev–Trinajstić information content (AvgIpc) is 2.93. The predicted octanol–water partition coefficient (Wildman–Crippen LogP) is 1.58. The Morgan fingerprint density at radius 2 is 2.05 bits per heavy atom. The second-order valence-corrected chi connectivity index (χ2v) is 5.51. The van der Waals surface area contributed by atoms with Crippen LogP contribution in [0.5, 0.6) is 0 Å². The molecule has 7 nitrogen and oxygen atoms in total. The van der Waals surface area contributed by atoms with Crippen LogP contribution in [-0.2, 0) is 4.79 Å². The maximum atomic E-state index is 11.8. The normalized spacial score (nSPS) is 20.1. The first-order chi connectivity index (χ1) is 10.2. The van der Waals surface area contributed by atoms with Crippen LogP contribution in [0.1, 0.15) is 25.7 Å². The van der Waals surface area contributed by atoms with Crippen LogP contribution in [0.4, 0.5) is 11.5 Å². The van der Waals surface area contributed by atoms with Gasteiger partial charge in [-0.15, -0.1) is 0 Å². The Bertz CT molecular complexity index is 555. The molecule has 1 aromatic heterocycles. The van der Waals surface area contributed by atoms with Gasteiger partial charge in [-0.1, -0.05) is 0 Å². The molecule has 2 aliphatic rings. The number of hydrogen-bond donors (Lipinski definition) is 0. The molecule has 0 radical (unpaired) electrons. The van der Waals surface area contributed by atoms with Crippen molar-refractivity contribution in [3.63, 3.8) is 0 Å². The lowest BCUT2D eigenvalue weighted by atomic mass is 10.0. The first-order valence-corrected chi connectivity index (χ1v) is 7.30. The summed E-state index contributed by atoms with van der Waals surface area (Å²) >= 11 is 0. The van der Waals surface area contributed by atoms with Gasteiger partial charge in [0.2, 0.25) is 11.7 Å². The molecule has 1 aromatic rings. The fourth-order valence-corrected chi connectivity index (χ4v) is 3.22. The van der Waals surface area contributed by atoms with Gasteiger partial charge in [0, 0.05) is 44.4 Å². The Morgan fingerprint density at radius 1 is 1.29 bits per heavy atom. The zero-order valence-electron chi connectivity index (χ0n) is 11.8. The van der Waals surface area contributed by atoms with Crippen molar-refractivity contribution in [3.05, 3.63) is 28.4 Å². The van der Waals surface area contributed by atoms with Crippen molar-refractivity contribution in [1.82, 2.24) is 9.88 Å². The quantitative estimate of drug-likeness (QED) is 0.623. The molecule has 0 aromatic carbocycles. The molecule has 3 heterocycles. The standard InChI is InChI=1S/C14H18N4O3/c19-13-4-2-8-17(13)11-5-9-16(10-6-11)14-12(18(20)21)3-1-7-15-14/h1,3,7,11H,2,4-6,8-10H2. The van der Waals surface area contributed by atoms with E-state index in [4.69, 9.17) is 0 Å². The Kier molecular flexibility index (Phi) is 3.72. The van der Waals surface area contributed by atoms with Crippen molar-refractivity contribution in [3.8, 4) is 0 Å². The van der Waals surface area contributed by atoms with Crippen molar-refractivity contribution < 1.29 is 9.72 Å². The molecule has 1 amide bonds. The van der Waals surface area contributed by atoms with Crippen LogP contribution >= 0.6 is 0 Å². The van der Waals surface area contributed by atoms with E-state index in [2.05, 4.69) is 4.98 Å². The molecule has 2 fully saturated rings. The van der Waals surface area contributed by atoms with Gasteiger partial charge in [-0.3, -0.25) is 14.9 Å². The molecule has 7 heteroatoms. The summed E-state index contributed by atoms with van der Waals surface area (Å²) in [5, 5.41) is 11.1. The molecular weight excluding hydrogens is 272 g/mol. The number of likely N-dealkylation sites (tertiary alicyclic amines) is 1. The van der Waals surface area contributed by atoms with Gasteiger partial charge in [0.25, 0.3) is 0 Å². The third kappa shape index (κ3) is 2.68. The van der Waals surface area contributed by atoms with Gasteiger partial charge in [-0.25, -0.2) is 4.98 Å². The summed E-state index contributed by atoms with van der Waals surface area (Å²) in [4.78, 5) is 30.6. The zero-order valence-corrected chi connectivity index (χ0v) is 11.8. The van der Waals surface area contributed by atoms with E-state index < -0.39 is 4.92 Å². The molecule has 21 heavy (non-hydrogen) atoms. The number of carbonyl (C=O) groups excluding carboxylic acids is 1. The number of anilines is 1. The monoisotopic (exact) mass is 290 g/mol. The predicted molar refractivity (Wildman–Crippen MR) is 77.1 cm³/mol. The smallest absolute Gasteiger partial charge is 0.311 e. The summed E-state index contributed by atoms with van der Waals surface area (Å²) in [5.74, 6) is 0.686.